The van der Waals surface area contributed by atoms with E-state index < -0.39 is 11.6 Å². The number of ketones is 1. The van der Waals surface area contributed by atoms with Gasteiger partial charge in [-0.1, -0.05) is 13.8 Å². The predicted molar refractivity (Wildman–Crippen MR) is 54.8 cm³/mol. The van der Waals surface area contributed by atoms with Crippen LogP contribution < -0.4 is 0 Å². The Balaban J connectivity index is 3.17. The maximum atomic E-state index is 13.3. The van der Waals surface area contributed by atoms with E-state index in [4.69, 9.17) is 0 Å². The smallest absolute Gasteiger partial charge is 0.134 e. The van der Waals surface area contributed by atoms with Gasteiger partial charge in [0.2, 0.25) is 0 Å². The molecule has 1 nitrogen and oxygen atoms in total. The van der Waals surface area contributed by atoms with E-state index in [1.165, 1.54) is 13.0 Å². The van der Waals surface area contributed by atoms with E-state index in [0.717, 1.165) is 6.07 Å². The monoisotopic (exact) mass is 212 g/mol. The number of Topliss-reactive ketones (excluding diaryl/α,β-unsaturated/α-hetero) is 1. The zero-order chi connectivity index (χ0) is 11.6. The van der Waals surface area contributed by atoms with Gasteiger partial charge in [-0.15, -0.1) is 0 Å². The molecule has 0 atom stereocenters. The molecular formula is C12H14F2O. The lowest BCUT2D eigenvalue weighted by Crippen LogP contribution is -2.03. The van der Waals surface area contributed by atoms with Crippen molar-refractivity contribution in [2.45, 2.75) is 33.1 Å². The molecule has 0 amide bonds. The second-order valence-electron chi connectivity index (χ2n) is 4.00. The van der Waals surface area contributed by atoms with Crippen molar-refractivity contribution >= 4 is 5.78 Å². The molecule has 0 aliphatic carbocycles. The standard InChI is InChI=1S/C12H14F2O/c1-7(2)10-5-9(4-8(3)15)11(13)6-12(10)14/h5-7H,4H2,1-3H3. The number of carbonyl (C=O) groups is 1. The molecule has 3 heteroatoms. The summed E-state index contributed by atoms with van der Waals surface area (Å²) in [7, 11) is 0. The maximum Gasteiger partial charge on any atom is 0.134 e. The highest BCUT2D eigenvalue weighted by Gasteiger charge is 2.13. The van der Waals surface area contributed by atoms with Gasteiger partial charge in [-0.05, 0) is 30.0 Å². The summed E-state index contributed by atoms with van der Waals surface area (Å²) >= 11 is 0. The Hall–Kier alpha value is -1.25. The Bertz CT molecular complexity index is 383. The Kier molecular flexibility index (Phi) is 3.56. The fourth-order valence-corrected chi connectivity index (χ4v) is 1.46. The molecule has 0 N–H and O–H groups in total. The van der Waals surface area contributed by atoms with E-state index in [1.54, 1.807) is 0 Å². The van der Waals surface area contributed by atoms with Crippen molar-refractivity contribution in [1.82, 2.24) is 0 Å². The maximum absolute atomic E-state index is 13.3. The molecule has 82 valence electrons. The van der Waals surface area contributed by atoms with Crippen molar-refractivity contribution in [3.05, 3.63) is 34.9 Å². The van der Waals surface area contributed by atoms with Crippen LogP contribution in [0.15, 0.2) is 12.1 Å². The first-order valence-electron chi connectivity index (χ1n) is 4.89. The Morgan fingerprint density at radius 3 is 2.33 bits per heavy atom. The molecule has 0 aliphatic rings. The lowest BCUT2D eigenvalue weighted by molar-refractivity contribution is -0.116. The highest BCUT2D eigenvalue weighted by Crippen LogP contribution is 2.22. The lowest BCUT2D eigenvalue weighted by Gasteiger charge is -2.10. The van der Waals surface area contributed by atoms with Gasteiger partial charge < -0.3 is 0 Å². The van der Waals surface area contributed by atoms with Crippen molar-refractivity contribution in [3.63, 3.8) is 0 Å². The number of hydrogen-bond donors (Lipinski definition) is 0. The van der Waals surface area contributed by atoms with Crippen molar-refractivity contribution in [1.29, 1.82) is 0 Å². The van der Waals surface area contributed by atoms with Crippen molar-refractivity contribution < 1.29 is 13.6 Å². The van der Waals surface area contributed by atoms with Gasteiger partial charge in [-0.3, -0.25) is 4.79 Å². The van der Waals surface area contributed by atoms with Crippen LogP contribution in [0.2, 0.25) is 0 Å². The van der Waals surface area contributed by atoms with Gasteiger partial charge in [0.25, 0.3) is 0 Å². The minimum Gasteiger partial charge on any atom is -0.300 e. The second-order valence-corrected chi connectivity index (χ2v) is 4.00. The highest BCUT2D eigenvalue weighted by atomic mass is 19.1. The molecule has 0 saturated heterocycles. The van der Waals surface area contributed by atoms with Gasteiger partial charge in [0, 0.05) is 12.5 Å². The summed E-state index contributed by atoms with van der Waals surface area (Å²) in [6.45, 7) is 5.04. The molecule has 1 aromatic carbocycles. The highest BCUT2D eigenvalue weighted by molar-refractivity contribution is 5.78. The van der Waals surface area contributed by atoms with Gasteiger partial charge in [-0.25, -0.2) is 8.78 Å². The predicted octanol–water partition coefficient (Wildman–Crippen LogP) is 3.22. The molecule has 0 saturated carbocycles. The molecule has 0 spiro atoms. The average Bonchev–Trinajstić information content (AvgIpc) is 2.08. The van der Waals surface area contributed by atoms with Crippen molar-refractivity contribution in [2.75, 3.05) is 0 Å². The van der Waals surface area contributed by atoms with Crippen LogP contribution >= 0.6 is 0 Å². The number of hydrogen-bond acceptors (Lipinski definition) is 1. The van der Waals surface area contributed by atoms with Gasteiger partial charge in [0.1, 0.15) is 17.4 Å². The summed E-state index contributed by atoms with van der Waals surface area (Å²) in [6, 6.07) is 2.30. The summed E-state index contributed by atoms with van der Waals surface area (Å²) in [5.74, 6) is -1.34. The van der Waals surface area contributed by atoms with E-state index in [0.29, 0.717) is 5.56 Å². The molecule has 0 bridgehead atoms. The first-order chi connectivity index (χ1) is 6.91. The van der Waals surface area contributed by atoms with Crippen LogP contribution in [0.3, 0.4) is 0 Å². The Labute approximate surface area is 88.1 Å². The third-order valence-corrected chi connectivity index (χ3v) is 2.23. The van der Waals surface area contributed by atoms with Gasteiger partial charge >= 0.3 is 0 Å². The molecule has 15 heavy (non-hydrogen) atoms. The SMILES string of the molecule is CC(=O)Cc1cc(C(C)C)c(F)cc1F. The van der Waals surface area contributed by atoms with E-state index in [1.807, 2.05) is 13.8 Å². The summed E-state index contributed by atoms with van der Waals surface area (Å²) in [4.78, 5) is 10.9. The molecule has 0 radical (unpaired) electrons. The van der Waals surface area contributed by atoms with Crippen LogP contribution in [0.5, 0.6) is 0 Å². The molecule has 0 aromatic heterocycles. The summed E-state index contributed by atoms with van der Waals surface area (Å²) in [6.07, 6.45) is 0.0197. The molecule has 0 fully saturated rings. The number of carbonyl (C=O) groups excluding carboxylic acids is 1. The van der Waals surface area contributed by atoms with Crippen LogP contribution in [0.25, 0.3) is 0 Å². The summed E-state index contributed by atoms with van der Waals surface area (Å²) in [5, 5.41) is 0. The fraction of sp³-hybridized carbons (Fsp3) is 0.417. The van der Waals surface area contributed by atoms with Crippen LogP contribution in [0, 0.1) is 11.6 Å². The zero-order valence-corrected chi connectivity index (χ0v) is 9.10. The third kappa shape index (κ3) is 2.85. The van der Waals surface area contributed by atoms with Gasteiger partial charge in [-0.2, -0.15) is 0 Å². The largest absolute Gasteiger partial charge is 0.300 e. The van der Waals surface area contributed by atoms with Crippen LogP contribution in [-0.2, 0) is 11.2 Å². The third-order valence-electron chi connectivity index (χ3n) is 2.23. The lowest BCUT2D eigenvalue weighted by atomic mass is 9.98. The molecule has 0 aliphatic heterocycles. The van der Waals surface area contributed by atoms with E-state index in [2.05, 4.69) is 0 Å². The normalized spacial score (nSPS) is 10.8. The van der Waals surface area contributed by atoms with Gasteiger partial charge in [0.05, 0.1) is 0 Å². The molecule has 1 aromatic rings. The Morgan fingerprint density at radius 1 is 1.27 bits per heavy atom. The minimum atomic E-state index is -0.646. The van der Waals surface area contributed by atoms with Crippen molar-refractivity contribution in [2.24, 2.45) is 0 Å². The summed E-state index contributed by atoms with van der Waals surface area (Å²) in [5.41, 5.74) is 0.722. The van der Waals surface area contributed by atoms with Crippen LogP contribution in [-0.4, -0.2) is 5.78 Å². The first kappa shape index (κ1) is 11.8. The quantitative estimate of drug-likeness (QED) is 0.751. The zero-order valence-electron chi connectivity index (χ0n) is 9.10. The molecule has 1 rings (SSSR count). The molecule has 0 unspecified atom stereocenters. The number of rotatable bonds is 3. The minimum absolute atomic E-state index is 0.0173. The summed E-state index contributed by atoms with van der Waals surface area (Å²) < 4.78 is 26.6. The average molecular weight is 212 g/mol. The first-order valence-corrected chi connectivity index (χ1v) is 4.89. The fourth-order valence-electron chi connectivity index (χ4n) is 1.46. The van der Waals surface area contributed by atoms with E-state index in [9.17, 15) is 13.6 Å². The van der Waals surface area contributed by atoms with Crippen molar-refractivity contribution in [3.8, 4) is 0 Å². The van der Waals surface area contributed by atoms with Crippen LogP contribution in [0.4, 0.5) is 8.78 Å². The Morgan fingerprint density at radius 2 is 1.87 bits per heavy atom. The van der Waals surface area contributed by atoms with Gasteiger partial charge in [0.15, 0.2) is 0 Å². The topological polar surface area (TPSA) is 17.1 Å². The molecular weight excluding hydrogens is 198 g/mol. The number of benzene rings is 1. The number of halogens is 2. The molecule has 0 heterocycles. The van der Waals surface area contributed by atoms with E-state index >= 15 is 0 Å². The van der Waals surface area contributed by atoms with Crippen LogP contribution in [0.1, 0.15) is 37.8 Å². The van der Waals surface area contributed by atoms with E-state index in [-0.39, 0.29) is 23.7 Å². The second kappa shape index (κ2) is 4.51.